The largest absolute Gasteiger partial charge is 0.393 e. The van der Waals surface area contributed by atoms with Gasteiger partial charge in [-0.1, -0.05) is 25.2 Å². The minimum absolute atomic E-state index is 0.195. The van der Waals surface area contributed by atoms with Crippen molar-refractivity contribution in [1.82, 2.24) is 0 Å². The van der Waals surface area contributed by atoms with Gasteiger partial charge in [0.05, 0.1) is 6.10 Å². The van der Waals surface area contributed by atoms with Gasteiger partial charge < -0.3 is 15.7 Å². The Hall–Kier alpha value is -1.13. The molecule has 1 saturated heterocycles. The number of nitrogens with zero attached hydrogens (tertiary/aromatic N) is 1. The summed E-state index contributed by atoms with van der Waals surface area (Å²) in [5.74, 6) is 0.276. The number of rotatable bonds is 2. The molecule has 1 fully saturated rings. The van der Waals surface area contributed by atoms with E-state index in [2.05, 4.69) is 24.8 Å². The first-order valence-electron chi connectivity index (χ1n) is 6.32. The average Bonchev–Trinajstić information content (AvgIpc) is 2.32. The fraction of sp³-hybridized carbons (Fsp3) is 0.500. The minimum atomic E-state index is -0.195. The lowest BCUT2D eigenvalue weighted by molar-refractivity contribution is 0.0971. The molecule has 1 aromatic rings. The van der Waals surface area contributed by atoms with Crippen molar-refractivity contribution >= 4 is 22.9 Å². The van der Waals surface area contributed by atoms with Crippen molar-refractivity contribution in [2.45, 2.75) is 26.4 Å². The molecule has 0 aromatic heterocycles. The van der Waals surface area contributed by atoms with Crippen LogP contribution in [0.25, 0.3) is 0 Å². The summed E-state index contributed by atoms with van der Waals surface area (Å²) in [6, 6.07) is 6.14. The first-order chi connectivity index (χ1) is 8.49. The molecule has 98 valence electrons. The minimum Gasteiger partial charge on any atom is -0.393 e. The second-order valence-corrected chi connectivity index (χ2v) is 5.60. The number of aliphatic hydroxyl groups excluding tert-OH is 1. The van der Waals surface area contributed by atoms with Crippen LogP contribution in [0.3, 0.4) is 0 Å². The topological polar surface area (TPSA) is 49.5 Å². The van der Waals surface area contributed by atoms with Gasteiger partial charge in [0.15, 0.2) is 0 Å². The monoisotopic (exact) mass is 264 g/mol. The summed E-state index contributed by atoms with van der Waals surface area (Å²) < 4.78 is 0. The first kappa shape index (κ1) is 13.3. The normalized spacial score (nSPS) is 24.1. The molecule has 0 saturated carbocycles. The van der Waals surface area contributed by atoms with Crippen molar-refractivity contribution in [2.75, 3.05) is 18.0 Å². The van der Waals surface area contributed by atoms with Crippen LogP contribution < -0.4 is 10.6 Å². The number of aliphatic hydroxyl groups is 1. The van der Waals surface area contributed by atoms with Crippen LogP contribution >= 0.6 is 12.2 Å². The lowest BCUT2D eigenvalue weighted by Crippen LogP contribution is -2.42. The Balaban J connectivity index is 2.32. The van der Waals surface area contributed by atoms with E-state index in [0.29, 0.717) is 4.99 Å². The molecule has 1 aliphatic rings. The molecule has 1 aliphatic heterocycles. The first-order valence-corrected chi connectivity index (χ1v) is 6.73. The highest BCUT2D eigenvalue weighted by Crippen LogP contribution is 2.27. The molecule has 2 unspecified atom stereocenters. The van der Waals surface area contributed by atoms with Crippen LogP contribution in [-0.2, 0) is 0 Å². The summed E-state index contributed by atoms with van der Waals surface area (Å²) >= 11 is 5.12. The molecule has 2 rings (SSSR count). The molecule has 0 bridgehead atoms. The van der Waals surface area contributed by atoms with E-state index in [1.807, 2.05) is 12.1 Å². The quantitative estimate of drug-likeness (QED) is 0.800. The van der Waals surface area contributed by atoms with E-state index in [4.69, 9.17) is 18.0 Å². The van der Waals surface area contributed by atoms with Gasteiger partial charge in [0.1, 0.15) is 4.99 Å². The van der Waals surface area contributed by atoms with Crippen LogP contribution in [0.5, 0.6) is 0 Å². The highest BCUT2D eigenvalue weighted by molar-refractivity contribution is 7.80. The zero-order valence-corrected chi connectivity index (χ0v) is 11.7. The van der Waals surface area contributed by atoms with Gasteiger partial charge in [0, 0.05) is 24.3 Å². The zero-order valence-electron chi connectivity index (χ0n) is 10.9. The molecular weight excluding hydrogens is 244 g/mol. The number of thiocarbonyl (C=S) groups is 1. The number of aryl methyl sites for hydroxylation is 1. The van der Waals surface area contributed by atoms with E-state index in [-0.39, 0.29) is 12.0 Å². The lowest BCUT2D eigenvalue weighted by Gasteiger charge is -2.37. The molecule has 0 amide bonds. The Labute approximate surface area is 114 Å². The van der Waals surface area contributed by atoms with Gasteiger partial charge in [0.25, 0.3) is 0 Å². The van der Waals surface area contributed by atoms with E-state index < -0.39 is 0 Å². The number of anilines is 1. The summed E-state index contributed by atoms with van der Waals surface area (Å²) in [5, 5.41) is 9.80. The van der Waals surface area contributed by atoms with E-state index in [1.54, 1.807) is 0 Å². The fourth-order valence-corrected chi connectivity index (χ4v) is 2.64. The van der Waals surface area contributed by atoms with E-state index >= 15 is 0 Å². The summed E-state index contributed by atoms with van der Waals surface area (Å²) in [6.07, 6.45) is 0.602. The maximum Gasteiger partial charge on any atom is 0.106 e. The highest BCUT2D eigenvalue weighted by Gasteiger charge is 2.25. The van der Waals surface area contributed by atoms with Crippen LogP contribution in [0, 0.1) is 12.8 Å². The van der Waals surface area contributed by atoms with Crippen LogP contribution in [0.2, 0.25) is 0 Å². The molecule has 3 N–H and O–H groups in total. The van der Waals surface area contributed by atoms with Crippen LogP contribution in [0.15, 0.2) is 18.2 Å². The molecule has 4 heteroatoms. The van der Waals surface area contributed by atoms with Crippen molar-refractivity contribution in [1.29, 1.82) is 0 Å². The van der Waals surface area contributed by atoms with Crippen LogP contribution in [0.4, 0.5) is 5.69 Å². The zero-order chi connectivity index (χ0) is 13.3. The van der Waals surface area contributed by atoms with Gasteiger partial charge in [0.2, 0.25) is 0 Å². The Kier molecular flexibility index (Phi) is 3.88. The smallest absolute Gasteiger partial charge is 0.106 e. The summed E-state index contributed by atoms with van der Waals surface area (Å²) in [7, 11) is 0. The lowest BCUT2D eigenvalue weighted by atomic mass is 9.95. The molecule has 1 heterocycles. The third-order valence-corrected chi connectivity index (χ3v) is 3.84. The third kappa shape index (κ3) is 2.65. The van der Waals surface area contributed by atoms with Gasteiger partial charge in [-0.3, -0.25) is 0 Å². The molecule has 0 radical (unpaired) electrons. The Morgan fingerprint density at radius 3 is 2.83 bits per heavy atom. The number of hydrogen-bond acceptors (Lipinski definition) is 3. The summed E-state index contributed by atoms with van der Waals surface area (Å²) in [5.41, 5.74) is 9.01. The number of benzene rings is 1. The molecule has 1 aromatic carbocycles. The van der Waals surface area contributed by atoms with Crippen molar-refractivity contribution in [3.63, 3.8) is 0 Å². The van der Waals surface area contributed by atoms with Gasteiger partial charge in [-0.05, 0) is 37.0 Å². The Morgan fingerprint density at radius 1 is 1.50 bits per heavy atom. The summed E-state index contributed by atoms with van der Waals surface area (Å²) in [6.45, 7) is 5.84. The van der Waals surface area contributed by atoms with Gasteiger partial charge in [-0.2, -0.15) is 0 Å². The standard InChI is InChI=1S/C14H20N2OS/c1-9-3-4-11(14(15)18)12(7-9)16-6-5-13(17)10(2)8-16/h3-4,7,10,13,17H,5-6,8H2,1-2H3,(H2,15,18). The predicted molar refractivity (Wildman–Crippen MR) is 79.1 cm³/mol. The maximum atomic E-state index is 9.80. The second-order valence-electron chi connectivity index (χ2n) is 5.16. The Morgan fingerprint density at radius 2 is 2.22 bits per heavy atom. The Bertz CT molecular complexity index is 461. The van der Waals surface area contributed by atoms with Crippen LogP contribution in [-0.4, -0.2) is 29.3 Å². The van der Waals surface area contributed by atoms with E-state index in [9.17, 15) is 5.11 Å². The number of hydrogen-bond donors (Lipinski definition) is 2. The number of nitrogens with two attached hydrogens (primary N) is 1. The highest BCUT2D eigenvalue weighted by atomic mass is 32.1. The molecule has 0 spiro atoms. The second kappa shape index (κ2) is 5.24. The molecule has 18 heavy (non-hydrogen) atoms. The van der Waals surface area contributed by atoms with E-state index in [0.717, 1.165) is 30.8 Å². The van der Waals surface area contributed by atoms with Gasteiger partial charge >= 0.3 is 0 Å². The fourth-order valence-electron chi connectivity index (χ4n) is 2.46. The van der Waals surface area contributed by atoms with Gasteiger partial charge in [-0.15, -0.1) is 0 Å². The molecule has 3 nitrogen and oxygen atoms in total. The number of piperidine rings is 1. The van der Waals surface area contributed by atoms with Crippen molar-refractivity contribution in [3.05, 3.63) is 29.3 Å². The summed E-state index contributed by atoms with van der Waals surface area (Å²) in [4.78, 5) is 2.71. The van der Waals surface area contributed by atoms with Gasteiger partial charge in [-0.25, -0.2) is 0 Å². The average molecular weight is 264 g/mol. The third-order valence-electron chi connectivity index (χ3n) is 3.62. The van der Waals surface area contributed by atoms with Crippen molar-refractivity contribution in [2.24, 2.45) is 11.7 Å². The molecular formula is C14H20N2OS. The molecule has 0 aliphatic carbocycles. The van der Waals surface area contributed by atoms with Crippen molar-refractivity contribution < 1.29 is 5.11 Å². The molecule has 2 atom stereocenters. The maximum absolute atomic E-state index is 9.80. The van der Waals surface area contributed by atoms with Crippen molar-refractivity contribution in [3.8, 4) is 0 Å². The van der Waals surface area contributed by atoms with Crippen LogP contribution in [0.1, 0.15) is 24.5 Å². The SMILES string of the molecule is Cc1ccc(C(N)=S)c(N2CCC(O)C(C)C2)c1. The van der Waals surface area contributed by atoms with E-state index in [1.165, 1.54) is 5.56 Å². The predicted octanol–water partition coefficient (Wildman–Crippen LogP) is 1.84.